The first-order valence-corrected chi connectivity index (χ1v) is 6.27. The van der Waals surface area contributed by atoms with Gasteiger partial charge in [-0.2, -0.15) is 0 Å². The van der Waals surface area contributed by atoms with E-state index in [9.17, 15) is 4.39 Å². The molecule has 0 amide bonds. The van der Waals surface area contributed by atoms with Gasteiger partial charge in [-0.3, -0.25) is 0 Å². The summed E-state index contributed by atoms with van der Waals surface area (Å²) in [5.74, 6) is -0.0864. The van der Waals surface area contributed by atoms with Crippen LogP contribution in [0.1, 0.15) is 11.1 Å². The summed E-state index contributed by atoms with van der Waals surface area (Å²) < 4.78 is 18.7. The molecule has 0 atom stereocenters. The van der Waals surface area contributed by atoms with Crippen LogP contribution in [0.3, 0.4) is 0 Å². The molecule has 0 fully saturated rings. The number of likely N-dealkylation sites (N-methyl/N-ethyl adjacent to an activating group) is 1. The quantitative estimate of drug-likeness (QED) is 0.716. The van der Waals surface area contributed by atoms with Gasteiger partial charge in [0.2, 0.25) is 0 Å². The molecule has 1 aromatic carbocycles. The highest BCUT2D eigenvalue weighted by atomic mass is 19.1. The number of nitrogens with one attached hydrogen (secondary N) is 1. The molecular formula is C14H23FN2O. The predicted molar refractivity (Wildman–Crippen MR) is 72.2 cm³/mol. The normalized spacial score (nSPS) is 11.2. The number of halogens is 1. The number of hydrogen-bond acceptors (Lipinski definition) is 3. The largest absolute Gasteiger partial charge is 0.383 e. The van der Waals surface area contributed by atoms with Crippen LogP contribution in [0.25, 0.3) is 0 Å². The van der Waals surface area contributed by atoms with Crippen molar-refractivity contribution in [1.82, 2.24) is 10.2 Å². The summed E-state index contributed by atoms with van der Waals surface area (Å²) in [6, 6.07) is 5.54. The van der Waals surface area contributed by atoms with Crippen molar-refractivity contribution in [3.05, 3.63) is 35.1 Å². The van der Waals surface area contributed by atoms with E-state index < -0.39 is 0 Å². The Bertz CT molecular complexity index is 358. The van der Waals surface area contributed by atoms with Crippen molar-refractivity contribution in [2.45, 2.75) is 13.5 Å². The Morgan fingerprint density at radius 3 is 2.83 bits per heavy atom. The second kappa shape index (κ2) is 8.19. The fraction of sp³-hybridized carbons (Fsp3) is 0.571. The highest BCUT2D eigenvalue weighted by molar-refractivity contribution is 5.24. The van der Waals surface area contributed by atoms with Crippen LogP contribution in [-0.4, -0.2) is 45.3 Å². The summed E-state index contributed by atoms with van der Waals surface area (Å²) in [6.07, 6.45) is 0. The minimum Gasteiger partial charge on any atom is -0.383 e. The van der Waals surface area contributed by atoms with Crippen molar-refractivity contribution in [2.75, 3.05) is 40.4 Å². The summed E-state index contributed by atoms with van der Waals surface area (Å²) in [5.41, 5.74) is 1.47. The SMILES string of the molecule is COCCNCCN(C)Cc1cccc(C)c1F. The van der Waals surface area contributed by atoms with E-state index in [0.717, 1.165) is 31.8 Å². The van der Waals surface area contributed by atoms with Crippen LogP contribution in [0.5, 0.6) is 0 Å². The molecule has 0 saturated heterocycles. The fourth-order valence-electron chi connectivity index (χ4n) is 1.77. The number of nitrogens with zero attached hydrogens (tertiary/aromatic N) is 1. The van der Waals surface area contributed by atoms with Crippen molar-refractivity contribution in [3.63, 3.8) is 0 Å². The highest BCUT2D eigenvalue weighted by Gasteiger charge is 2.07. The van der Waals surface area contributed by atoms with Crippen LogP contribution in [0, 0.1) is 12.7 Å². The monoisotopic (exact) mass is 254 g/mol. The standard InChI is InChI=1S/C14H23FN2O/c1-12-5-4-6-13(14(12)15)11-17(2)9-7-16-8-10-18-3/h4-6,16H,7-11H2,1-3H3. The average Bonchev–Trinajstić information content (AvgIpc) is 2.35. The zero-order chi connectivity index (χ0) is 13.4. The second-order valence-corrected chi connectivity index (χ2v) is 4.53. The summed E-state index contributed by atoms with van der Waals surface area (Å²) >= 11 is 0. The molecule has 0 radical (unpaired) electrons. The van der Waals surface area contributed by atoms with E-state index in [1.807, 2.05) is 19.2 Å². The van der Waals surface area contributed by atoms with E-state index in [2.05, 4.69) is 10.2 Å². The molecule has 1 N–H and O–H groups in total. The van der Waals surface area contributed by atoms with Crippen LogP contribution in [0.4, 0.5) is 4.39 Å². The minimum atomic E-state index is -0.0864. The molecule has 0 bridgehead atoms. The molecule has 102 valence electrons. The van der Waals surface area contributed by atoms with Crippen molar-refractivity contribution in [1.29, 1.82) is 0 Å². The molecule has 0 spiro atoms. The zero-order valence-electron chi connectivity index (χ0n) is 11.5. The molecule has 0 aliphatic carbocycles. The number of ether oxygens (including phenoxy) is 1. The maximum absolute atomic E-state index is 13.8. The predicted octanol–water partition coefficient (Wildman–Crippen LogP) is 1.80. The Kier molecular flexibility index (Phi) is 6.86. The van der Waals surface area contributed by atoms with E-state index in [1.54, 1.807) is 20.1 Å². The molecule has 4 heteroatoms. The van der Waals surface area contributed by atoms with Crippen LogP contribution in [0.2, 0.25) is 0 Å². The Labute approximate surface area is 109 Å². The van der Waals surface area contributed by atoms with E-state index in [0.29, 0.717) is 12.1 Å². The summed E-state index contributed by atoms with van der Waals surface area (Å²) in [4.78, 5) is 2.11. The molecule has 1 aromatic rings. The molecule has 1 rings (SSSR count). The van der Waals surface area contributed by atoms with E-state index in [-0.39, 0.29) is 5.82 Å². The Morgan fingerprint density at radius 2 is 2.11 bits per heavy atom. The van der Waals surface area contributed by atoms with Crippen molar-refractivity contribution < 1.29 is 9.13 Å². The molecule has 0 unspecified atom stereocenters. The first-order valence-electron chi connectivity index (χ1n) is 6.27. The van der Waals surface area contributed by atoms with Gasteiger partial charge in [0.05, 0.1) is 6.61 Å². The molecule has 0 aliphatic heterocycles. The zero-order valence-corrected chi connectivity index (χ0v) is 11.5. The van der Waals surface area contributed by atoms with Gasteiger partial charge in [0, 0.05) is 38.9 Å². The van der Waals surface area contributed by atoms with Gasteiger partial charge in [0.25, 0.3) is 0 Å². The summed E-state index contributed by atoms with van der Waals surface area (Å²) in [5, 5.41) is 3.27. The van der Waals surface area contributed by atoms with E-state index in [1.165, 1.54) is 0 Å². The maximum Gasteiger partial charge on any atom is 0.130 e. The highest BCUT2D eigenvalue weighted by Crippen LogP contribution is 2.13. The number of aryl methyl sites for hydroxylation is 1. The number of rotatable bonds is 8. The number of methoxy groups -OCH3 is 1. The molecule has 0 aromatic heterocycles. The third-order valence-corrected chi connectivity index (χ3v) is 2.87. The van der Waals surface area contributed by atoms with Crippen molar-refractivity contribution in [3.8, 4) is 0 Å². The van der Waals surface area contributed by atoms with Gasteiger partial charge in [-0.15, -0.1) is 0 Å². The van der Waals surface area contributed by atoms with Crippen LogP contribution in [-0.2, 0) is 11.3 Å². The van der Waals surface area contributed by atoms with Crippen molar-refractivity contribution in [2.24, 2.45) is 0 Å². The topological polar surface area (TPSA) is 24.5 Å². The maximum atomic E-state index is 13.8. The lowest BCUT2D eigenvalue weighted by Crippen LogP contribution is -2.30. The third-order valence-electron chi connectivity index (χ3n) is 2.87. The van der Waals surface area contributed by atoms with Crippen LogP contribution in [0.15, 0.2) is 18.2 Å². The van der Waals surface area contributed by atoms with Crippen molar-refractivity contribution >= 4 is 0 Å². The van der Waals surface area contributed by atoms with E-state index in [4.69, 9.17) is 4.74 Å². The minimum absolute atomic E-state index is 0.0864. The van der Waals surface area contributed by atoms with Gasteiger partial charge >= 0.3 is 0 Å². The molecule has 0 aliphatic rings. The van der Waals surface area contributed by atoms with Gasteiger partial charge in [-0.25, -0.2) is 4.39 Å². The van der Waals surface area contributed by atoms with Gasteiger partial charge in [-0.1, -0.05) is 18.2 Å². The first-order chi connectivity index (χ1) is 8.65. The van der Waals surface area contributed by atoms with Gasteiger partial charge in [0.1, 0.15) is 5.82 Å². The smallest absolute Gasteiger partial charge is 0.130 e. The van der Waals surface area contributed by atoms with E-state index >= 15 is 0 Å². The Balaban J connectivity index is 2.31. The molecular weight excluding hydrogens is 231 g/mol. The molecule has 0 heterocycles. The second-order valence-electron chi connectivity index (χ2n) is 4.53. The fourth-order valence-corrected chi connectivity index (χ4v) is 1.77. The lowest BCUT2D eigenvalue weighted by atomic mass is 10.1. The lowest BCUT2D eigenvalue weighted by Gasteiger charge is -2.17. The molecule has 18 heavy (non-hydrogen) atoms. The summed E-state index contributed by atoms with van der Waals surface area (Å²) in [6.45, 7) is 5.77. The lowest BCUT2D eigenvalue weighted by molar-refractivity contribution is 0.197. The third kappa shape index (κ3) is 5.12. The number of benzene rings is 1. The average molecular weight is 254 g/mol. The van der Waals surface area contributed by atoms with Crippen LogP contribution >= 0.6 is 0 Å². The van der Waals surface area contributed by atoms with Gasteiger partial charge < -0.3 is 15.0 Å². The van der Waals surface area contributed by atoms with Gasteiger partial charge in [-0.05, 0) is 19.5 Å². The molecule has 0 saturated carbocycles. The van der Waals surface area contributed by atoms with Gasteiger partial charge in [0.15, 0.2) is 0 Å². The van der Waals surface area contributed by atoms with Crippen LogP contribution < -0.4 is 5.32 Å². The first kappa shape index (κ1) is 15.1. The Morgan fingerprint density at radius 1 is 1.33 bits per heavy atom. The molecule has 3 nitrogen and oxygen atoms in total. The Hall–Kier alpha value is -0.970. The number of hydrogen-bond donors (Lipinski definition) is 1. The summed E-state index contributed by atoms with van der Waals surface area (Å²) in [7, 11) is 3.69.